The lowest BCUT2D eigenvalue weighted by atomic mass is 10.1. The number of aryl methyl sites for hydroxylation is 1. The minimum atomic E-state index is -0.257. The van der Waals surface area contributed by atoms with Crippen molar-refractivity contribution in [3.8, 4) is 17.2 Å². The minimum absolute atomic E-state index is 0.109. The summed E-state index contributed by atoms with van der Waals surface area (Å²) in [4.78, 5) is 13.2. The van der Waals surface area contributed by atoms with Gasteiger partial charge in [0.2, 0.25) is 5.75 Å². The minimum Gasteiger partial charge on any atom is -0.508 e. The number of hydrogen-bond acceptors (Lipinski definition) is 4. The monoisotopic (exact) mass is 425 g/mol. The summed E-state index contributed by atoms with van der Waals surface area (Å²) in [7, 11) is 0. The summed E-state index contributed by atoms with van der Waals surface area (Å²) in [6.45, 7) is 13.1. The number of pyridine rings is 1. The molecule has 0 unspecified atom stereocenters. The van der Waals surface area contributed by atoms with Gasteiger partial charge >= 0.3 is 0 Å². The molecule has 1 heterocycles. The van der Waals surface area contributed by atoms with E-state index < -0.39 is 0 Å². The van der Waals surface area contributed by atoms with Crippen LogP contribution in [0.5, 0.6) is 17.2 Å². The van der Waals surface area contributed by atoms with Crippen LogP contribution in [0.1, 0.15) is 53.4 Å². The van der Waals surface area contributed by atoms with Gasteiger partial charge in [-0.1, -0.05) is 43.2 Å². The van der Waals surface area contributed by atoms with Crippen molar-refractivity contribution in [1.82, 2.24) is 4.57 Å². The number of allylic oxidation sites excluding steroid dienone is 3. The molecule has 1 N–H and O–H groups in total. The zero-order valence-corrected chi connectivity index (χ0v) is 19.2. The fraction of sp³-hybridized carbons (Fsp3) is 0.423. The van der Waals surface area contributed by atoms with Crippen molar-refractivity contribution in [2.45, 2.75) is 59.9 Å². The van der Waals surface area contributed by atoms with Crippen molar-refractivity contribution < 1.29 is 14.6 Å². The molecule has 168 valence electrons. The molecular formula is C26H35NO4. The van der Waals surface area contributed by atoms with E-state index in [9.17, 15) is 9.90 Å². The Morgan fingerprint density at radius 3 is 2.55 bits per heavy atom. The number of benzene rings is 1. The van der Waals surface area contributed by atoms with Crippen LogP contribution in [0.15, 0.2) is 58.9 Å². The molecule has 5 nitrogen and oxygen atoms in total. The topological polar surface area (TPSA) is 60.7 Å². The molecule has 0 radical (unpaired) electrons. The first-order chi connectivity index (χ1) is 14.9. The van der Waals surface area contributed by atoms with Gasteiger partial charge in [-0.3, -0.25) is 4.79 Å². The van der Waals surface area contributed by atoms with Crippen LogP contribution in [-0.2, 0) is 6.54 Å². The van der Waals surface area contributed by atoms with Gasteiger partial charge in [-0.25, -0.2) is 0 Å². The zero-order valence-electron chi connectivity index (χ0n) is 19.2. The fourth-order valence-electron chi connectivity index (χ4n) is 3.30. The van der Waals surface area contributed by atoms with Gasteiger partial charge in [-0.05, 0) is 58.2 Å². The van der Waals surface area contributed by atoms with Crippen molar-refractivity contribution in [2.75, 3.05) is 13.2 Å². The summed E-state index contributed by atoms with van der Waals surface area (Å²) < 4.78 is 13.5. The second kappa shape index (κ2) is 12.0. The van der Waals surface area contributed by atoms with Gasteiger partial charge in [0.1, 0.15) is 19.0 Å². The number of aromatic hydroxyl groups is 1. The van der Waals surface area contributed by atoms with Gasteiger partial charge in [-0.2, -0.15) is 0 Å². The number of hydrogen-bond donors (Lipinski definition) is 1. The lowest BCUT2D eigenvalue weighted by Crippen LogP contribution is -2.24. The molecule has 0 aliphatic carbocycles. The summed E-state index contributed by atoms with van der Waals surface area (Å²) in [5.74, 6) is 0.700. The molecule has 31 heavy (non-hydrogen) atoms. The summed E-state index contributed by atoms with van der Waals surface area (Å²) in [5, 5.41) is 10.8. The highest BCUT2D eigenvalue weighted by Crippen LogP contribution is 2.34. The van der Waals surface area contributed by atoms with E-state index >= 15 is 0 Å². The molecule has 1 aromatic carbocycles. The largest absolute Gasteiger partial charge is 0.508 e. The molecule has 0 amide bonds. The Hall–Kier alpha value is -2.95. The highest BCUT2D eigenvalue weighted by atomic mass is 16.5. The average molecular weight is 426 g/mol. The third kappa shape index (κ3) is 6.78. The van der Waals surface area contributed by atoms with Crippen LogP contribution in [0.3, 0.4) is 0 Å². The Labute approximate surface area is 185 Å². The average Bonchev–Trinajstić information content (AvgIpc) is 2.72. The third-order valence-electron chi connectivity index (χ3n) is 4.99. The molecule has 2 aromatic rings. The number of phenols is 1. The van der Waals surface area contributed by atoms with Gasteiger partial charge in [-0.15, -0.1) is 0 Å². The predicted octanol–water partition coefficient (Wildman–Crippen LogP) is 6.14. The molecule has 0 spiro atoms. The summed E-state index contributed by atoms with van der Waals surface area (Å²) in [6.07, 6.45) is 9.61. The van der Waals surface area contributed by atoms with Crippen molar-refractivity contribution in [1.29, 1.82) is 0 Å². The Morgan fingerprint density at radius 2 is 1.87 bits per heavy atom. The highest BCUT2D eigenvalue weighted by Gasteiger charge is 2.19. The van der Waals surface area contributed by atoms with Gasteiger partial charge in [0.05, 0.1) is 5.52 Å². The van der Waals surface area contributed by atoms with E-state index in [2.05, 4.69) is 40.3 Å². The highest BCUT2D eigenvalue weighted by molar-refractivity contribution is 5.89. The van der Waals surface area contributed by atoms with E-state index in [1.807, 2.05) is 6.08 Å². The Bertz CT molecular complexity index is 1010. The number of aromatic nitrogens is 1. The molecule has 0 bridgehead atoms. The van der Waals surface area contributed by atoms with Crippen LogP contribution >= 0.6 is 0 Å². The number of rotatable bonds is 12. The van der Waals surface area contributed by atoms with Gasteiger partial charge in [0, 0.05) is 18.0 Å². The number of fused-ring (bicyclic) bond motifs is 1. The number of nitrogens with zero attached hydrogens (tertiary/aromatic N) is 1. The smallest absolute Gasteiger partial charge is 0.297 e. The fourth-order valence-corrected chi connectivity index (χ4v) is 3.30. The van der Waals surface area contributed by atoms with Crippen LogP contribution in [0.4, 0.5) is 0 Å². The SMILES string of the molecule is C=CCOc1c(OC/C=C(\C)CCC=C(C)C)c2ccc(O)cc2n(CCCC)c1=O. The van der Waals surface area contributed by atoms with Crippen LogP contribution < -0.4 is 15.0 Å². The van der Waals surface area contributed by atoms with Crippen molar-refractivity contribution >= 4 is 10.9 Å². The Morgan fingerprint density at radius 1 is 1.13 bits per heavy atom. The predicted molar refractivity (Wildman–Crippen MR) is 128 cm³/mol. The lowest BCUT2D eigenvalue weighted by Gasteiger charge is -2.18. The summed E-state index contributed by atoms with van der Waals surface area (Å²) in [6, 6.07) is 4.98. The van der Waals surface area contributed by atoms with E-state index in [0.29, 0.717) is 24.4 Å². The van der Waals surface area contributed by atoms with Crippen LogP contribution in [0.25, 0.3) is 10.9 Å². The Balaban J connectivity index is 2.44. The van der Waals surface area contributed by atoms with Gasteiger partial charge < -0.3 is 19.1 Å². The molecule has 0 aliphatic heterocycles. The standard InChI is InChI=1S/C26H35NO4/c1-6-8-15-27-23-18-21(28)12-13-22(23)24(25(26(27)29)30-16-7-2)31-17-14-20(5)11-9-10-19(3)4/h7,10,12-14,18,28H,2,6,8-9,11,15-17H2,1,3-5H3/b20-14+. The van der Waals surface area contributed by atoms with E-state index in [1.54, 1.807) is 28.8 Å². The normalized spacial score (nSPS) is 11.4. The molecule has 0 saturated carbocycles. The van der Waals surface area contributed by atoms with Crippen LogP contribution in [0, 0.1) is 0 Å². The molecule has 0 atom stereocenters. The number of phenolic OH excluding ortho intramolecular Hbond substituents is 1. The first kappa shape index (κ1) is 24.3. The van der Waals surface area contributed by atoms with E-state index in [4.69, 9.17) is 9.47 Å². The molecule has 0 aliphatic rings. The Kier molecular flexibility index (Phi) is 9.44. The lowest BCUT2D eigenvalue weighted by molar-refractivity contribution is 0.304. The van der Waals surface area contributed by atoms with Crippen LogP contribution in [-0.4, -0.2) is 22.9 Å². The van der Waals surface area contributed by atoms with Crippen molar-refractivity contribution in [3.05, 3.63) is 64.5 Å². The molecular weight excluding hydrogens is 390 g/mol. The van der Waals surface area contributed by atoms with Crippen LogP contribution in [0.2, 0.25) is 0 Å². The molecule has 0 fully saturated rings. The second-order valence-corrected chi connectivity index (χ2v) is 7.95. The first-order valence-electron chi connectivity index (χ1n) is 10.9. The zero-order chi connectivity index (χ0) is 22.8. The van der Waals surface area contributed by atoms with Crippen molar-refractivity contribution in [2.24, 2.45) is 0 Å². The maximum atomic E-state index is 13.2. The first-order valence-corrected chi connectivity index (χ1v) is 10.9. The maximum Gasteiger partial charge on any atom is 0.297 e. The molecule has 0 saturated heterocycles. The van der Waals surface area contributed by atoms with E-state index in [-0.39, 0.29) is 23.7 Å². The summed E-state index contributed by atoms with van der Waals surface area (Å²) in [5.41, 5.74) is 2.92. The third-order valence-corrected chi connectivity index (χ3v) is 4.99. The quantitative estimate of drug-likeness (QED) is 0.415. The summed E-state index contributed by atoms with van der Waals surface area (Å²) >= 11 is 0. The van der Waals surface area contributed by atoms with E-state index in [1.165, 1.54) is 11.1 Å². The maximum absolute atomic E-state index is 13.2. The second-order valence-electron chi connectivity index (χ2n) is 7.95. The van der Waals surface area contributed by atoms with E-state index in [0.717, 1.165) is 31.1 Å². The van der Waals surface area contributed by atoms with Gasteiger partial charge in [0.25, 0.3) is 5.56 Å². The van der Waals surface area contributed by atoms with Crippen molar-refractivity contribution in [3.63, 3.8) is 0 Å². The number of ether oxygens (including phenoxy) is 2. The molecule has 1 aromatic heterocycles. The molecule has 5 heteroatoms. The van der Waals surface area contributed by atoms with Gasteiger partial charge in [0.15, 0.2) is 5.75 Å². The molecule has 2 rings (SSSR count). The number of unbranched alkanes of at least 4 members (excludes halogenated alkanes) is 1.